The number of hydrogen-bond donors (Lipinski definition) is 0. The Hall–Kier alpha value is -2.33. The van der Waals surface area contributed by atoms with Crippen LogP contribution < -0.4 is 4.74 Å². The Labute approximate surface area is 188 Å². The average molecular weight is 427 g/mol. The number of benzene rings is 2. The Morgan fingerprint density at radius 3 is 2.19 bits per heavy atom. The highest BCUT2D eigenvalue weighted by atomic mass is 16.7. The summed E-state index contributed by atoms with van der Waals surface area (Å²) in [5.41, 5.74) is 2.53. The normalized spacial score (nSPS) is 12.4. The van der Waals surface area contributed by atoms with E-state index in [0.717, 1.165) is 18.7 Å². The summed E-state index contributed by atoms with van der Waals surface area (Å²) < 4.78 is 11.8. The van der Waals surface area contributed by atoms with E-state index in [-0.39, 0.29) is 5.97 Å². The minimum atomic E-state index is -0.617. The number of carbonyl (C=O) groups excluding carboxylic acids is 1. The van der Waals surface area contributed by atoms with Gasteiger partial charge in [0.05, 0.1) is 14.1 Å². The van der Waals surface area contributed by atoms with E-state index < -0.39 is 6.29 Å². The minimum Gasteiger partial charge on any atom is -0.455 e. The van der Waals surface area contributed by atoms with E-state index in [2.05, 4.69) is 31.2 Å². The number of rotatable bonds is 14. The standard InChI is InChI=1S/C27H40NO3/c1-5-6-7-8-9-11-14-24-17-19-26(20-18-24)30-23(2)31-27(29)22-28(3,4)21-25-15-12-10-13-16-25/h10,12-13,15-20,23H,5-9,11,14,21-22H2,1-4H3/q+1. The average Bonchev–Trinajstić information content (AvgIpc) is 2.71. The zero-order valence-corrected chi connectivity index (χ0v) is 19.8. The lowest BCUT2D eigenvalue weighted by Gasteiger charge is -2.29. The van der Waals surface area contributed by atoms with Crippen LogP contribution in [-0.2, 0) is 22.5 Å². The number of aryl methyl sites for hydroxylation is 1. The molecule has 2 aromatic rings. The minimum absolute atomic E-state index is 0.256. The lowest BCUT2D eigenvalue weighted by molar-refractivity contribution is -0.896. The molecule has 0 aromatic heterocycles. The van der Waals surface area contributed by atoms with Crippen LogP contribution in [0.1, 0.15) is 63.5 Å². The number of nitrogens with zero attached hydrogens (tertiary/aromatic N) is 1. The molecule has 4 heteroatoms. The van der Waals surface area contributed by atoms with Crippen molar-refractivity contribution < 1.29 is 18.8 Å². The van der Waals surface area contributed by atoms with E-state index in [1.165, 1.54) is 49.7 Å². The van der Waals surface area contributed by atoms with Crippen LogP contribution in [0.2, 0.25) is 0 Å². The molecule has 170 valence electrons. The SMILES string of the molecule is CCCCCCCCc1ccc(OC(C)OC(=O)C[N+](C)(C)Cc2ccccc2)cc1. The molecule has 0 saturated carbocycles. The smallest absolute Gasteiger partial charge is 0.364 e. The molecule has 0 N–H and O–H groups in total. The second kappa shape index (κ2) is 13.2. The maximum Gasteiger partial charge on any atom is 0.364 e. The Bertz CT molecular complexity index is 756. The van der Waals surface area contributed by atoms with Crippen molar-refractivity contribution in [3.05, 3.63) is 65.7 Å². The van der Waals surface area contributed by atoms with E-state index in [4.69, 9.17) is 9.47 Å². The van der Waals surface area contributed by atoms with E-state index in [9.17, 15) is 4.79 Å². The molecular formula is C27H40NO3+. The van der Waals surface area contributed by atoms with Gasteiger partial charge in [0, 0.05) is 12.5 Å². The van der Waals surface area contributed by atoms with Crippen molar-refractivity contribution in [3.8, 4) is 5.75 Å². The Morgan fingerprint density at radius 2 is 1.52 bits per heavy atom. The number of quaternary nitrogens is 1. The largest absolute Gasteiger partial charge is 0.455 e. The van der Waals surface area contributed by atoms with Gasteiger partial charge in [0.2, 0.25) is 6.29 Å². The third kappa shape index (κ3) is 10.5. The summed E-state index contributed by atoms with van der Waals surface area (Å²) in [6.45, 7) is 5.07. The van der Waals surface area contributed by atoms with E-state index in [1.807, 2.05) is 44.4 Å². The maximum absolute atomic E-state index is 12.4. The molecule has 0 aliphatic rings. The highest BCUT2D eigenvalue weighted by molar-refractivity contribution is 5.70. The molecule has 4 nitrogen and oxygen atoms in total. The third-order valence-corrected chi connectivity index (χ3v) is 5.35. The summed E-state index contributed by atoms with van der Waals surface area (Å²) in [4.78, 5) is 12.4. The van der Waals surface area contributed by atoms with Gasteiger partial charge in [-0.2, -0.15) is 0 Å². The summed E-state index contributed by atoms with van der Waals surface area (Å²) >= 11 is 0. The predicted molar refractivity (Wildman–Crippen MR) is 127 cm³/mol. The molecule has 1 unspecified atom stereocenters. The van der Waals surface area contributed by atoms with Gasteiger partial charge in [0.25, 0.3) is 0 Å². The molecule has 0 spiro atoms. The van der Waals surface area contributed by atoms with Gasteiger partial charge in [-0.3, -0.25) is 0 Å². The van der Waals surface area contributed by atoms with Gasteiger partial charge in [0.15, 0.2) is 6.54 Å². The lowest BCUT2D eigenvalue weighted by Crippen LogP contribution is -2.44. The second-order valence-electron chi connectivity index (χ2n) is 9.07. The number of likely N-dealkylation sites (N-methyl/N-ethyl adjacent to an activating group) is 1. The van der Waals surface area contributed by atoms with E-state index in [0.29, 0.717) is 11.0 Å². The van der Waals surface area contributed by atoms with Gasteiger partial charge in [-0.05, 0) is 30.5 Å². The molecule has 0 aliphatic heterocycles. The quantitative estimate of drug-likeness (QED) is 0.158. The first kappa shape index (κ1) is 24.9. The monoisotopic (exact) mass is 426 g/mol. The van der Waals surface area contributed by atoms with Gasteiger partial charge in [-0.15, -0.1) is 0 Å². The van der Waals surface area contributed by atoms with Crippen LogP contribution in [0.3, 0.4) is 0 Å². The van der Waals surface area contributed by atoms with Gasteiger partial charge >= 0.3 is 5.97 Å². The number of carbonyl (C=O) groups is 1. The van der Waals surface area contributed by atoms with Crippen molar-refractivity contribution in [1.29, 1.82) is 0 Å². The van der Waals surface area contributed by atoms with Crippen LogP contribution in [0.4, 0.5) is 0 Å². The number of esters is 1. The number of unbranched alkanes of at least 4 members (excludes halogenated alkanes) is 5. The molecule has 0 bridgehead atoms. The van der Waals surface area contributed by atoms with Crippen LogP contribution in [0, 0.1) is 0 Å². The molecule has 1 atom stereocenters. The summed E-state index contributed by atoms with van der Waals surface area (Å²) in [7, 11) is 4.06. The molecule has 0 amide bonds. The number of hydrogen-bond acceptors (Lipinski definition) is 3. The third-order valence-electron chi connectivity index (χ3n) is 5.35. The molecule has 2 aromatic carbocycles. The van der Waals surface area contributed by atoms with Crippen molar-refractivity contribution in [2.75, 3.05) is 20.6 Å². The summed E-state index contributed by atoms with van der Waals surface area (Å²) in [5, 5.41) is 0. The van der Waals surface area contributed by atoms with Gasteiger partial charge < -0.3 is 14.0 Å². The topological polar surface area (TPSA) is 35.5 Å². The molecule has 0 aliphatic carbocycles. The van der Waals surface area contributed by atoms with Gasteiger partial charge in [-0.1, -0.05) is 81.5 Å². The summed E-state index contributed by atoms with van der Waals surface area (Å²) in [6, 6.07) is 18.3. The molecule has 0 heterocycles. The van der Waals surface area contributed by atoms with Gasteiger partial charge in [-0.25, -0.2) is 4.79 Å². The van der Waals surface area contributed by atoms with Crippen LogP contribution >= 0.6 is 0 Å². The van der Waals surface area contributed by atoms with Crippen molar-refractivity contribution in [3.63, 3.8) is 0 Å². The number of ether oxygens (including phenoxy) is 2. The fourth-order valence-corrected chi connectivity index (χ4v) is 3.77. The fourth-order valence-electron chi connectivity index (χ4n) is 3.77. The highest BCUT2D eigenvalue weighted by Crippen LogP contribution is 2.17. The van der Waals surface area contributed by atoms with Crippen LogP contribution in [0.25, 0.3) is 0 Å². The van der Waals surface area contributed by atoms with Crippen molar-refractivity contribution in [2.45, 2.75) is 71.6 Å². The molecule has 31 heavy (non-hydrogen) atoms. The zero-order valence-electron chi connectivity index (χ0n) is 19.8. The van der Waals surface area contributed by atoms with Crippen molar-refractivity contribution >= 4 is 5.97 Å². The summed E-state index contributed by atoms with van der Waals surface area (Å²) in [5.74, 6) is 0.471. The predicted octanol–water partition coefficient (Wildman–Crippen LogP) is 6.13. The van der Waals surface area contributed by atoms with Crippen molar-refractivity contribution in [1.82, 2.24) is 0 Å². The Morgan fingerprint density at radius 1 is 0.871 bits per heavy atom. The Kier molecular flexibility index (Phi) is 10.6. The zero-order chi connectivity index (χ0) is 22.5. The first-order chi connectivity index (χ1) is 14.9. The molecular weight excluding hydrogens is 386 g/mol. The van der Waals surface area contributed by atoms with E-state index >= 15 is 0 Å². The first-order valence-corrected chi connectivity index (χ1v) is 11.7. The van der Waals surface area contributed by atoms with Crippen molar-refractivity contribution in [2.24, 2.45) is 0 Å². The van der Waals surface area contributed by atoms with Crippen LogP contribution in [0.5, 0.6) is 5.75 Å². The maximum atomic E-state index is 12.4. The molecule has 0 saturated heterocycles. The summed E-state index contributed by atoms with van der Waals surface area (Å²) in [6.07, 6.45) is 8.33. The highest BCUT2D eigenvalue weighted by Gasteiger charge is 2.23. The van der Waals surface area contributed by atoms with Crippen LogP contribution in [0.15, 0.2) is 54.6 Å². The second-order valence-corrected chi connectivity index (χ2v) is 9.07. The van der Waals surface area contributed by atoms with E-state index in [1.54, 1.807) is 6.92 Å². The molecule has 0 radical (unpaired) electrons. The lowest BCUT2D eigenvalue weighted by atomic mass is 10.0. The molecule has 2 rings (SSSR count). The fraction of sp³-hybridized carbons (Fsp3) is 0.519. The van der Waals surface area contributed by atoms with Gasteiger partial charge in [0.1, 0.15) is 12.3 Å². The first-order valence-electron chi connectivity index (χ1n) is 11.7. The molecule has 0 fully saturated rings. The Balaban J connectivity index is 1.71. The van der Waals surface area contributed by atoms with Crippen LogP contribution in [-0.4, -0.2) is 37.4 Å².